The Balaban J connectivity index is 2.06. The van der Waals surface area contributed by atoms with Gasteiger partial charge in [0.2, 0.25) is 5.96 Å². The van der Waals surface area contributed by atoms with E-state index in [1.165, 1.54) is 6.34 Å². The molecule has 0 atom stereocenters. The minimum Gasteiger partial charge on any atom is -0.378 e. The fourth-order valence-electron chi connectivity index (χ4n) is 1.29. The molecule has 0 aromatic heterocycles. The Morgan fingerprint density at radius 1 is 1.43 bits per heavy atom. The number of guanidine groups is 1. The van der Waals surface area contributed by atoms with Crippen molar-refractivity contribution in [2.24, 2.45) is 9.98 Å². The highest BCUT2D eigenvalue weighted by Gasteiger charge is 2.27. The monoisotopic (exact) mass is 236 g/mol. The first kappa shape index (κ1) is 10.0. The van der Waals surface area contributed by atoms with Gasteiger partial charge in [-0.15, -0.1) is 0 Å². The summed E-state index contributed by atoms with van der Waals surface area (Å²) in [4.78, 5) is 9.82. The SMILES string of the molecule is ClC1(Cl)N=CNC(N2CCOCC2)=N1. The van der Waals surface area contributed by atoms with Crippen molar-refractivity contribution in [2.45, 2.75) is 4.58 Å². The average Bonchev–Trinajstić information content (AvgIpc) is 2.18. The molecular formula is C7H10Cl2N4O. The first-order valence-electron chi connectivity index (χ1n) is 4.28. The quantitative estimate of drug-likeness (QED) is 0.490. The van der Waals surface area contributed by atoms with Crippen molar-refractivity contribution in [3.05, 3.63) is 0 Å². The van der Waals surface area contributed by atoms with Gasteiger partial charge in [-0.25, -0.2) is 4.99 Å². The number of nitrogens with one attached hydrogen (secondary N) is 1. The van der Waals surface area contributed by atoms with E-state index in [2.05, 4.69) is 15.3 Å². The van der Waals surface area contributed by atoms with E-state index in [9.17, 15) is 0 Å². The van der Waals surface area contributed by atoms with Gasteiger partial charge in [-0.05, 0) is 23.2 Å². The summed E-state index contributed by atoms with van der Waals surface area (Å²) in [5.74, 6) is 0.647. The molecule has 14 heavy (non-hydrogen) atoms. The second-order valence-corrected chi connectivity index (χ2v) is 4.19. The molecule has 0 aromatic carbocycles. The van der Waals surface area contributed by atoms with E-state index >= 15 is 0 Å². The second kappa shape index (κ2) is 3.92. The number of nitrogens with zero attached hydrogens (tertiary/aromatic N) is 3. The van der Waals surface area contributed by atoms with Crippen molar-refractivity contribution in [3.8, 4) is 0 Å². The molecule has 0 amide bonds. The van der Waals surface area contributed by atoms with Gasteiger partial charge in [-0.2, -0.15) is 4.99 Å². The fourth-order valence-corrected chi connectivity index (χ4v) is 1.55. The molecule has 2 heterocycles. The molecule has 2 aliphatic rings. The van der Waals surface area contributed by atoms with Gasteiger partial charge < -0.3 is 15.0 Å². The van der Waals surface area contributed by atoms with Crippen LogP contribution in [0.3, 0.4) is 0 Å². The Kier molecular flexibility index (Phi) is 2.80. The molecule has 0 unspecified atom stereocenters. The van der Waals surface area contributed by atoms with Gasteiger partial charge in [-0.1, -0.05) is 0 Å². The minimum atomic E-state index is -1.39. The Morgan fingerprint density at radius 2 is 2.14 bits per heavy atom. The van der Waals surface area contributed by atoms with Crippen molar-refractivity contribution >= 4 is 35.5 Å². The highest BCUT2D eigenvalue weighted by Crippen LogP contribution is 2.25. The van der Waals surface area contributed by atoms with Crippen LogP contribution >= 0.6 is 23.2 Å². The third-order valence-electron chi connectivity index (χ3n) is 1.96. The summed E-state index contributed by atoms with van der Waals surface area (Å²) in [7, 11) is 0. The van der Waals surface area contributed by atoms with Crippen LogP contribution in [-0.2, 0) is 4.74 Å². The molecule has 1 saturated heterocycles. The van der Waals surface area contributed by atoms with Gasteiger partial charge in [-0.3, -0.25) is 0 Å². The predicted molar refractivity (Wildman–Crippen MR) is 55.9 cm³/mol. The fraction of sp³-hybridized carbons (Fsp3) is 0.714. The van der Waals surface area contributed by atoms with Crippen LogP contribution in [-0.4, -0.2) is 48.1 Å². The number of hydrogen-bond donors (Lipinski definition) is 1. The van der Waals surface area contributed by atoms with E-state index in [-0.39, 0.29) is 0 Å². The van der Waals surface area contributed by atoms with E-state index < -0.39 is 4.58 Å². The zero-order valence-electron chi connectivity index (χ0n) is 7.41. The van der Waals surface area contributed by atoms with Crippen LogP contribution in [0.4, 0.5) is 0 Å². The average molecular weight is 237 g/mol. The molecule has 1 fully saturated rings. The molecule has 7 heteroatoms. The van der Waals surface area contributed by atoms with Crippen LogP contribution < -0.4 is 5.32 Å². The number of halogens is 2. The van der Waals surface area contributed by atoms with E-state index in [4.69, 9.17) is 27.9 Å². The summed E-state index contributed by atoms with van der Waals surface area (Å²) in [5.41, 5.74) is 0. The van der Waals surface area contributed by atoms with Crippen molar-refractivity contribution < 1.29 is 4.74 Å². The summed E-state index contributed by atoms with van der Waals surface area (Å²) >= 11 is 11.5. The van der Waals surface area contributed by atoms with Crippen molar-refractivity contribution in [2.75, 3.05) is 26.3 Å². The van der Waals surface area contributed by atoms with Crippen LogP contribution in [0.15, 0.2) is 9.98 Å². The normalized spacial score (nSPS) is 25.6. The number of morpholine rings is 1. The van der Waals surface area contributed by atoms with Crippen molar-refractivity contribution in [1.82, 2.24) is 10.2 Å². The number of hydrogen-bond acceptors (Lipinski definition) is 5. The van der Waals surface area contributed by atoms with E-state index in [1.807, 2.05) is 4.90 Å². The zero-order chi connectivity index (χ0) is 10.0. The largest absolute Gasteiger partial charge is 0.378 e. The molecule has 5 nitrogen and oxygen atoms in total. The number of alkyl halides is 2. The third-order valence-corrected chi connectivity index (χ3v) is 2.33. The van der Waals surface area contributed by atoms with Crippen molar-refractivity contribution in [3.63, 3.8) is 0 Å². The molecule has 0 radical (unpaired) electrons. The number of aliphatic imine (C=N–C) groups is 2. The van der Waals surface area contributed by atoms with Crippen LogP contribution in [0.1, 0.15) is 0 Å². The Labute approximate surface area is 91.7 Å². The van der Waals surface area contributed by atoms with Gasteiger partial charge in [0.25, 0.3) is 0 Å². The highest BCUT2D eigenvalue weighted by atomic mass is 35.5. The minimum absolute atomic E-state index is 0.647. The lowest BCUT2D eigenvalue weighted by atomic mass is 10.4. The van der Waals surface area contributed by atoms with Gasteiger partial charge in [0.05, 0.1) is 19.6 Å². The molecule has 78 valence electrons. The van der Waals surface area contributed by atoms with Crippen LogP contribution in [0.25, 0.3) is 0 Å². The third kappa shape index (κ3) is 2.29. The summed E-state index contributed by atoms with van der Waals surface area (Å²) in [6.45, 7) is 2.94. The lowest BCUT2D eigenvalue weighted by molar-refractivity contribution is 0.0668. The summed E-state index contributed by atoms with van der Waals surface area (Å²) in [6.07, 6.45) is 1.46. The van der Waals surface area contributed by atoms with Crippen LogP contribution in [0.2, 0.25) is 0 Å². The first-order valence-corrected chi connectivity index (χ1v) is 5.04. The lowest BCUT2D eigenvalue weighted by Gasteiger charge is -2.31. The Morgan fingerprint density at radius 3 is 2.79 bits per heavy atom. The topological polar surface area (TPSA) is 49.2 Å². The van der Waals surface area contributed by atoms with Crippen LogP contribution in [0.5, 0.6) is 0 Å². The summed E-state index contributed by atoms with van der Waals surface area (Å²) in [5, 5.41) is 2.90. The van der Waals surface area contributed by atoms with E-state index in [0.717, 1.165) is 13.1 Å². The maximum Gasteiger partial charge on any atom is 0.309 e. The predicted octanol–water partition coefficient (Wildman–Crippen LogP) is 0.395. The van der Waals surface area contributed by atoms with Gasteiger partial charge >= 0.3 is 4.58 Å². The maximum absolute atomic E-state index is 5.77. The van der Waals surface area contributed by atoms with Gasteiger partial charge in [0.15, 0.2) is 0 Å². The van der Waals surface area contributed by atoms with Crippen LogP contribution in [0, 0.1) is 0 Å². The summed E-state index contributed by atoms with van der Waals surface area (Å²) < 4.78 is 3.83. The smallest absolute Gasteiger partial charge is 0.309 e. The Bertz CT molecular complexity index is 273. The second-order valence-electron chi connectivity index (χ2n) is 2.95. The lowest BCUT2D eigenvalue weighted by Crippen LogP contribution is -2.49. The maximum atomic E-state index is 5.77. The molecule has 0 aliphatic carbocycles. The first-order chi connectivity index (χ1) is 6.67. The highest BCUT2D eigenvalue weighted by molar-refractivity contribution is 6.48. The Hall–Kier alpha value is -0.520. The molecule has 0 saturated carbocycles. The van der Waals surface area contributed by atoms with E-state index in [1.54, 1.807) is 0 Å². The molecule has 0 spiro atoms. The summed E-state index contributed by atoms with van der Waals surface area (Å²) in [6, 6.07) is 0. The zero-order valence-corrected chi connectivity index (χ0v) is 8.92. The molecule has 0 aromatic rings. The van der Waals surface area contributed by atoms with E-state index in [0.29, 0.717) is 19.2 Å². The number of rotatable bonds is 0. The van der Waals surface area contributed by atoms with Gasteiger partial charge in [0, 0.05) is 13.1 Å². The molecule has 2 rings (SSSR count). The molecular weight excluding hydrogens is 227 g/mol. The van der Waals surface area contributed by atoms with Crippen molar-refractivity contribution in [1.29, 1.82) is 0 Å². The van der Waals surface area contributed by atoms with Gasteiger partial charge in [0.1, 0.15) is 0 Å². The molecule has 0 bridgehead atoms. The molecule has 1 N–H and O–H groups in total. The standard InChI is InChI=1S/C7H10Cl2N4O/c8-7(9)11-5-10-6(12-7)13-1-3-14-4-2-13/h5H,1-4H2,(H,10,11,12). The number of ether oxygens (including phenoxy) is 1. The molecule has 2 aliphatic heterocycles.